The Kier molecular flexibility index (Phi) is 6.52. The molecule has 1 aliphatic rings. The number of fused-ring (bicyclic) bond motifs is 1. The predicted octanol–water partition coefficient (Wildman–Crippen LogP) is 5.11. The molecule has 0 heterocycles. The van der Waals surface area contributed by atoms with Crippen molar-refractivity contribution >= 4 is 27.8 Å². The Labute approximate surface area is 190 Å². The highest BCUT2D eigenvalue weighted by atomic mass is 79.9. The van der Waals surface area contributed by atoms with Gasteiger partial charge in [-0.3, -0.25) is 4.79 Å². The van der Waals surface area contributed by atoms with E-state index < -0.39 is 0 Å². The largest absolute Gasteiger partial charge is 0.462 e. The molecule has 0 radical (unpaired) electrons. The Balaban J connectivity index is 1.52. The normalized spacial score (nSPS) is 14.7. The van der Waals surface area contributed by atoms with Crippen LogP contribution in [0.25, 0.3) is 0 Å². The van der Waals surface area contributed by atoms with Crippen LogP contribution >= 0.6 is 15.9 Å². The van der Waals surface area contributed by atoms with Crippen molar-refractivity contribution in [2.24, 2.45) is 0 Å². The molecule has 5 heteroatoms. The first kappa shape index (κ1) is 21.3. The summed E-state index contributed by atoms with van der Waals surface area (Å²) in [5.74, 6) is -0.390. The zero-order chi connectivity index (χ0) is 21.8. The molecule has 0 spiro atoms. The third-order valence-electron chi connectivity index (χ3n) is 5.57. The van der Waals surface area contributed by atoms with E-state index in [0.717, 1.165) is 26.7 Å². The number of amides is 1. The Bertz CT molecular complexity index is 1110. The van der Waals surface area contributed by atoms with E-state index in [-0.39, 0.29) is 17.9 Å². The Morgan fingerprint density at radius 1 is 1.00 bits per heavy atom. The molecule has 3 aromatic rings. The van der Waals surface area contributed by atoms with Gasteiger partial charge in [0.15, 0.2) is 0 Å². The van der Waals surface area contributed by atoms with Gasteiger partial charge >= 0.3 is 5.97 Å². The van der Waals surface area contributed by atoms with Gasteiger partial charge in [-0.05, 0) is 72.7 Å². The number of halogens is 1. The first-order chi connectivity index (χ1) is 15.0. The number of hydrogen-bond donors (Lipinski definition) is 1. The number of carbonyl (C=O) groups is 2. The van der Waals surface area contributed by atoms with Crippen LogP contribution < -0.4 is 5.32 Å². The summed E-state index contributed by atoms with van der Waals surface area (Å²) in [5.41, 5.74) is 5.48. The van der Waals surface area contributed by atoms with Gasteiger partial charge in [0.25, 0.3) is 5.91 Å². The lowest BCUT2D eigenvalue weighted by atomic mass is 9.99. The number of carbonyl (C=O) groups excluding carboxylic acids is 2. The maximum Gasteiger partial charge on any atom is 0.338 e. The Hall–Kier alpha value is -2.92. The summed E-state index contributed by atoms with van der Waals surface area (Å²) < 4.78 is 6.14. The average molecular weight is 478 g/mol. The topological polar surface area (TPSA) is 55.4 Å². The van der Waals surface area contributed by atoms with Crippen LogP contribution in [0.4, 0.5) is 0 Å². The van der Waals surface area contributed by atoms with E-state index in [1.54, 1.807) is 13.0 Å². The van der Waals surface area contributed by atoms with Crippen LogP contribution in [0, 0.1) is 0 Å². The standard InChI is InChI=1S/C26H24BrNO3/c1-2-31-26(30)23-10-6-9-18-15-21(16-24(18)23)28-25(29)22-12-11-20(27)14-19(22)13-17-7-4-3-5-8-17/h3-12,14,21H,2,13,15-16H2,1H3,(H,28,29). The van der Waals surface area contributed by atoms with Crippen LogP contribution in [0.15, 0.2) is 71.2 Å². The minimum Gasteiger partial charge on any atom is -0.462 e. The molecule has 0 bridgehead atoms. The summed E-state index contributed by atoms with van der Waals surface area (Å²) in [4.78, 5) is 25.5. The molecule has 158 valence electrons. The monoisotopic (exact) mass is 477 g/mol. The molecule has 4 nitrogen and oxygen atoms in total. The maximum atomic E-state index is 13.2. The highest BCUT2D eigenvalue weighted by Gasteiger charge is 2.28. The lowest BCUT2D eigenvalue weighted by molar-refractivity contribution is 0.0525. The molecule has 31 heavy (non-hydrogen) atoms. The lowest BCUT2D eigenvalue weighted by Gasteiger charge is -2.15. The summed E-state index contributed by atoms with van der Waals surface area (Å²) in [5, 5.41) is 3.18. The third-order valence-corrected chi connectivity index (χ3v) is 6.06. The number of hydrogen-bond acceptors (Lipinski definition) is 3. The molecule has 0 aliphatic heterocycles. The van der Waals surface area contributed by atoms with E-state index in [1.807, 2.05) is 48.5 Å². The quantitative estimate of drug-likeness (QED) is 0.501. The summed E-state index contributed by atoms with van der Waals surface area (Å²) in [6, 6.07) is 21.5. The van der Waals surface area contributed by atoms with Crippen LogP contribution in [0.5, 0.6) is 0 Å². The molecule has 1 N–H and O–H groups in total. The van der Waals surface area contributed by atoms with E-state index in [1.165, 1.54) is 0 Å². The van der Waals surface area contributed by atoms with Gasteiger partial charge in [-0.25, -0.2) is 4.79 Å². The average Bonchev–Trinajstić information content (AvgIpc) is 3.17. The second-order valence-corrected chi connectivity index (χ2v) is 8.62. The van der Waals surface area contributed by atoms with E-state index in [2.05, 4.69) is 33.4 Å². The second-order valence-electron chi connectivity index (χ2n) is 7.71. The molecule has 1 amide bonds. The van der Waals surface area contributed by atoms with Crippen molar-refractivity contribution in [1.82, 2.24) is 5.32 Å². The maximum absolute atomic E-state index is 13.2. The Morgan fingerprint density at radius 3 is 2.58 bits per heavy atom. The van der Waals surface area contributed by atoms with Gasteiger partial charge in [0, 0.05) is 16.1 Å². The summed E-state index contributed by atoms with van der Waals surface area (Å²) in [6.45, 7) is 2.14. The van der Waals surface area contributed by atoms with Gasteiger partial charge in [0.05, 0.1) is 12.2 Å². The van der Waals surface area contributed by atoms with Gasteiger partial charge in [-0.1, -0.05) is 58.4 Å². The van der Waals surface area contributed by atoms with Crippen molar-refractivity contribution in [3.05, 3.63) is 105 Å². The van der Waals surface area contributed by atoms with E-state index in [0.29, 0.717) is 37.0 Å². The first-order valence-corrected chi connectivity index (χ1v) is 11.3. The zero-order valence-electron chi connectivity index (χ0n) is 17.4. The summed E-state index contributed by atoms with van der Waals surface area (Å²) >= 11 is 3.53. The number of ether oxygens (including phenoxy) is 1. The number of rotatable bonds is 6. The first-order valence-electron chi connectivity index (χ1n) is 10.5. The van der Waals surface area contributed by atoms with E-state index in [4.69, 9.17) is 4.74 Å². The highest BCUT2D eigenvalue weighted by molar-refractivity contribution is 9.10. The van der Waals surface area contributed by atoms with Crippen LogP contribution in [0.2, 0.25) is 0 Å². The smallest absolute Gasteiger partial charge is 0.338 e. The molecule has 4 rings (SSSR count). The minimum atomic E-state index is -0.301. The van der Waals surface area contributed by atoms with Crippen molar-refractivity contribution in [3.63, 3.8) is 0 Å². The fourth-order valence-electron chi connectivity index (χ4n) is 4.16. The highest BCUT2D eigenvalue weighted by Crippen LogP contribution is 2.27. The third kappa shape index (κ3) is 4.88. The van der Waals surface area contributed by atoms with E-state index >= 15 is 0 Å². The molecule has 0 saturated carbocycles. The van der Waals surface area contributed by atoms with Gasteiger partial charge in [-0.2, -0.15) is 0 Å². The van der Waals surface area contributed by atoms with Crippen molar-refractivity contribution in [2.75, 3.05) is 6.61 Å². The molecule has 1 atom stereocenters. The van der Waals surface area contributed by atoms with Crippen LogP contribution in [-0.2, 0) is 24.0 Å². The number of benzene rings is 3. The molecule has 1 aliphatic carbocycles. The molecule has 3 aromatic carbocycles. The number of nitrogens with one attached hydrogen (secondary N) is 1. The fourth-order valence-corrected chi connectivity index (χ4v) is 4.57. The van der Waals surface area contributed by atoms with Crippen LogP contribution in [-0.4, -0.2) is 24.5 Å². The summed E-state index contributed by atoms with van der Waals surface area (Å²) in [7, 11) is 0. The van der Waals surface area contributed by atoms with Gasteiger partial charge in [0.2, 0.25) is 0 Å². The van der Waals surface area contributed by atoms with Gasteiger partial charge < -0.3 is 10.1 Å². The fraction of sp³-hybridized carbons (Fsp3) is 0.231. The van der Waals surface area contributed by atoms with Gasteiger partial charge in [0.1, 0.15) is 0 Å². The molecule has 1 unspecified atom stereocenters. The molecule has 0 aromatic heterocycles. The Morgan fingerprint density at radius 2 is 1.81 bits per heavy atom. The van der Waals surface area contributed by atoms with Crippen molar-refractivity contribution in [3.8, 4) is 0 Å². The van der Waals surface area contributed by atoms with Crippen molar-refractivity contribution in [2.45, 2.75) is 32.2 Å². The van der Waals surface area contributed by atoms with E-state index in [9.17, 15) is 9.59 Å². The molecular formula is C26H24BrNO3. The van der Waals surface area contributed by atoms with Crippen molar-refractivity contribution < 1.29 is 14.3 Å². The number of esters is 1. The second kappa shape index (κ2) is 9.48. The molecular weight excluding hydrogens is 454 g/mol. The van der Waals surface area contributed by atoms with Gasteiger partial charge in [-0.15, -0.1) is 0 Å². The molecule has 0 saturated heterocycles. The summed E-state index contributed by atoms with van der Waals surface area (Å²) in [6.07, 6.45) is 2.01. The minimum absolute atomic E-state index is 0.0497. The van der Waals surface area contributed by atoms with Crippen LogP contribution in [0.1, 0.15) is 49.9 Å². The zero-order valence-corrected chi connectivity index (χ0v) is 18.9. The lowest BCUT2D eigenvalue weighted by Crippen LogP contribution is -2.36. The van der Waals surface area contributed by atoms with Crippen LogP contribution in [0.3, 0.4) is 0 Å². The molecule has 0 fully saturated rings. The van der Waals surface area contributed by atoms with Crippen molar-refractivity contribution in [1.29, 1.82) is 0 Å². The SMILES string of the molecule is CCOC(=O)c1cccc2c1CC(NC(=O)c1ccc(Br)cc1Cc1ccccc1)C2. The predicted molar refractivity (Wildman–Crippen MR) is 124 cm³/mol.